The van der Waals surface area contributed by atoms with Gasteiger partial charge in [0.25, 0.3) is 0 Å². The normalized spacial score (nSPS) is 15.2. The van der Waals surface area contributed by atoms with Crippen molar-refractivity contribution < 1.29 is 98.4 Å². The van der Waals surface area contributed by atoms with Crippen LogP contribution in [0.3, 0.4) is 0 Å². The summed E-state index contributed by atoms with van der Waals surface area (Å²) in [6, 6.07) is 0. The summed E-state index contributed by atoms with van der Waals surface area (Å²) in [5, 5.41) is 8.58. The Balaban J connectivity index is 5.16. The van der Waals surface area contributed by atoms with Gasteiger partial charge < -0.3 is 14.6 Å². The summed E-state index contributed by atoms with van der Waals surface area (Å²) < 4.78 is 240. The molecule has 240 valence electrons. The fourth-order valence-electron chi connectivity index (χ4n) is 2.60. The third kappa shape index (κ3) is 8.34. The number of rotatable bonds is 17. The van der Waals surface area contributed by atoms with Crippen molar-refractivity contribution in [3.8, 4) is 0 Å². The number of aliphatic carboxylic acids is 1. The minimum absolute atomic E-state index is 0.827. The van der Waals surface area contributed by atoms with Gasteiger partial charge in [-0.1, -0.05) is 0 Å². The number of ether oxygens (including phenoxy) is 2. The average molecular weight is 640 g/mol. The van der Waals surface area contributed by atoms with Crippen LogP contribution in [0, 0.1) is 0 Å². The number of hydrogen-bond donors (Lipinski definition) is 1. The van der Waals surface area contributed by atoms with E-state index in [1.54, 1.807) is 0 Å². The number of carbonyl (C=O) groups is 1. The van der Waals surface area contributed by atoms with E-state index in [9.17, 15) is 83.8 Å². The van der Waals surface area contributed by atoms with Crippen LogP contribution in [-0.4, -0.2) is 78.5 Å². The fraction of sp³-hybridized carbons (Fsp3) is 0.944. The van der Waals surface area contributed by atoms with Gasteiger partial charge in [-0.05, 0) is 12.8 Å². The van der Waals surface area contributed by atoms with Gasteiger partial charge in [0.05, 0.1) is 6.42 Å². The molecule has 22 heteroatoms. The first-order chi connectivity index (χ1) is 17.5. The van der Waals surface area contributed by atoms with E-state index in [0.717, 1.165) is 0 Å². The van der Waals surface area contributed by atoms with Crippen LogP contribution < -0.4 is 0 Å². The second kappa shape index (κ2) is 12.6. The standard InChI is InChI=1S/C18H18F18O4/c19-11(20,13(23,24)15(27,28)17(31,32)33)5-1-7-39-10(4-3-9(37)38)40-8-2-6-12(21,22)14(25,26)16(29,30)18(34,35)36/h10H,1-8H2,(H,37,38). The molecule has 0 heterocycles. The molecule has 1 N–H and O–H groups in total. The van der Waals surface area contributed by atoms with Crippen molar-refractivity contribution in [3.63, 3.8) is 0 Å². The van der Waals surface area contributed by atoms with Crippen molar-refractivity contribution in [2.75, 3.05) is 13.2 Å². The highest BCUT2D eigenvalue weighted by molar-refractivity contribution is 5.66. The molecule has 0 aliphatic carbocycles. The molecule has 0 unspecified atom stereocenters. The predicted octanol–water partition coefficient (Wildman–Crippen LogP) is 7.71. The van der Waals surface area contributed by atoms with Crippen LogP contribution in [0.1, 0.15) is 38.5 Å². The lowest BCUT2D eigenvalue weighted by atomic mass is 10.00. The molecule has 0 aliphatic rings. The van der Waals surface area contributed by atoms with Gasteiger partial charge in [-0.2, -0.15) is 79.0 Å². The molecule has 40 heavy (non-hydrogen) atoms. The molecule has 0 saturated heterocycles. The van der Waals surface area contributed by atoms with Gasteiger partial charge in [0.2, 0.25) is 0 Å². The van der Waals surface area contributed by atoms with E-state index in [1.165, 1.54) is 0 Å². The van der Waals surface area contributed by atoms with Crippen LogP contribution in [0.5, 0.6) is 0 Å². The summed E-state index contributed by atoms with van der Waals surface area (Å²) in [6.45, 7) is -2.50. The molecule has 0 aliphatic heterocycles. The number of carboxylic acids is 1. The van der Waals surface area contributed by atoms with Gasteiger partial charge in [-0.3, -0.25) is 4.79 Å². The molecule has 0 radical (unpaired) electrons. The van der Waals surface area contributed by atoms with Crippen molar-refractivity contribution in [1.29, 1.82) is 0 Å². The molecule has 0 saturated carbocycles. The van der Waals surface area contributed by atoms with Gasteiger partial charge >= 0.3 is 53.9 Å². The molecule has 0 bridgehead atoms. The molecule has 4 nitrogen and oxygen atoms in total. The zero-order chi connectivity index (χ0) is 32.2. The lowest BCUT2D eigenvalue weighted by Crippen LogP contribution is -2.60. The first-order valence-electron chi connectivity index (χ1n) is 10.3. The van der Waals surface area contributed by atoms with Crippen molar-refractivity contribution in [1.82, 2.24) is 0 Å². The van der Waals surface area contributed by atoms with Crippen molar-refractivity contribution in [2.45, 2.75) is 92.7 Å². The average Bonchev–Trinajstić information content (AvgIpc) is 2.74. The second-order valence-electron chi connectivity index (χ2n) is 8.01. The highest BCUT2D eigenvalue weighted by Gasteiger charge is 2.82. The summed E-state index contributed by atoms with van der Waals surface area (Å²) in [5.74, 6) is -41.8. The molecule has 0 atom stereocenters. The maximum absolute atomic E-state index is 13.5. The summed E-state index contributed by atoms with van der Waals surface area (Å²) >= 11 is 0. The van der Waals surface area contributed by atoms with E-state index in [0.29, 0.717) is 0 Å². The Hall–Kier alpha value is -1.87. The Morgan fingerprint density at radius 3 is 1.10 bits per heavy atom. The topological polar surface area (TPSA) is 55.8 Å². The molecule has 0 fully saturated rings. The van der Waals surface area contributed by atoms with Crippen molar-refractivity contribution in [3.05, 3.63) is 0 Å². The minimum Gasteiger partial charge on any atom is -0.481 e. The van der Waals surface area contributed by atoms with Crippen LogP contribution in [0.15, 0.2) is 0 Å². The largest absolute Gasteiger partial charge is 0.481 e. The SMILES string of the molecule is O=C(O)CCC(OCCCC(F)(F)C(F)(F)C(F)(F)C(F)(F)F)OCCCC(F)(F)C(F)(F)C(F)(F)C(F)(F)F. The summed E-state index contributed by atoms with van der Waals surface area (Å²) in [5.41, 5.74) is 0. The smallest absolute Gasteiger partial charge is 0.460 e. The Morgan fingerprint density at radius 1 is 0.550 bits per heavy atom. The number of hydrogen-bond acceptors (Lipinski definition) is 3. The zero-order valence-corrected chi connectivity index (χ0v) is 19.2. The number of carboxylic acid groups (broad SMARTS) is 1. The quantitative estimate of drug-likeness (QED) is 0.101. The van der Waals surface area contributed by atoms with Crippen LogP contribution in [0.25, 0.3) is 0 Å². The van der Waals surface area contributed by atoms with Crippen molar-refractivity contribution in [2.24, 2.45) is 0 Å². The highest BCUT2D eigenvalue weighted by atomic mass is 19.4. The molecule has 0 rings (SSSR count). The molecule has 0 spiro atoms. The van der Waals surface area contributed by atoms with Crippen molar-refractivity contribution >= 4 is 5.97 Å². The van der Waals surface area contributed by atoms with Gasteiger partial charge in [0.1, 0.15) is 0 Å². The Labute approximate surface area is 211 Å². The summed E-state index contributed by atoms with van der Waals surface area (Å²) in [4.78, 5) is 10.6. The zero-order valence-electron chi connectivity index (χ0n) is 19.2. The first kappa shape index (κ1) is 38.1. The van der Waals surface area contributed by atoms with E-state index >= 15 is 0 Å². The molecule has 0 aromatic carbocycles. The highest BCUT2D eigenvalue weighted by Crippen LogP contribution is 2.55. The Bertz CT molecular complexity index is 763. The van der Waals surface area contributed by atoms with Gasteiger partial charge in [-0.15, -0.1) is 0 Å². The monoisotopic (exact) mass is 640 g/mol. The Morgan fingerprint density at radius 2 is 0.850 bits per heavy atom. The maximum atomic E-state index is 13.5. The van der Waals surface area contributed by atoms with Gasteiger partial charge in [0.15, 0.2) is 6.29 Å². The minimum atomic E-state index is -7.17. The van der Waals surface area contributed by atoms with Gasteiger partial charge in [0, 0.05) is 32.5 Å². The van der Waals surface area contributed by atoms with Gasteiger partial charge in [-0.25, -0.2) is 0 Å². The predicted molar refractivity (Wildman–Crippen MR) is 92.8 cm³/mol. The molecule has 0 aromatic heterocycles. The Kier molecular flexibility index (Phi) is 12.0. The molecule has 0 amide bonds. The molecular formula is C18H18F18O4. The number of alkyl halides is 18. The lowest BCUT2D eigenvalue weighted by Gasteiger charge is -2.33. The van der Waals surface area contributed by atoms with E-state index in [1.807, 2.05) is 0 Å². The van der Waals surface area contributed by atoms with E-state index in [2.05, 4.69) is 9.47 Å². The van der Waals surface area contributed by atoms with Crippen LogP contribution >= 0.6 is 0 Å². The second-order valence-corrected chi connectivity index (χ2v) is 8.01. The molecule has 0 aromatic rings. The maximum Gasteiger partial charge on any atom is 0.460 e. The summed E-state index contributed by atoms with van der Waals surface area (Å²) in [7, 11) is 0. The fourth-order valence-corrected chi connectivity index (χ4v) is 2.60. The van der Waals surface area contributed by atoms with Crippen LogP contribution in [0.4, 0.5) is 79.0 Å². The summed E-state index contributed by atoms with van der Waals surface area (Å²) in [6.07, 6.45) is -25.5. The van der Waals surface area contributed by atoms with E-state index in [-0.39, 0.29) is 0 Å². The van der Waals surface area contributed by atoms with Crippen LogP contribution in [-0.2, 0) is 14.3 Å². The molecular weight excluding hydrogens is 622 g/mol. The van der Waals surface area contributed by atoms with E-state index < -0.39 is 112 Å². The third-order valence-electron chi connectivity index (χ3n) is 4.89. The number of halogens is 18. The first-order valence-corrected chi connectivity index (χ1v) is 10.3. The third-order valence-corrected chi connectivity index (χ3v) is 4.89. The van der Waals surface area contributed by atoms with E-state index in [4.69, 9.17) is 5.11 Å². The van der Waals surface area contributed by atoms with Crippen LogP contribution in [0.2, 0.25) is 0 Å². The lowest BCUT2D eigenvalue weighted by molar-refractivity contribution is -0.397.